The van der Waals surface area contributed by atoms with Gasteiger partial charge in [-0.15, -0.1) is 0 Å². The molecule has 3 fully saturated rings. The van der Waals surface area contributed by atoms with Gasteiger partial charge in [0.15, 0.2) is 0 Å². The summed E-state index contributed by atoms with van der Waals surface area (Å²) in [6.07, 6.45) is 4.49. The number of ether oxygens (including phenoxy) is 1. The van der Waals surface area contributed by atoms with Crippen molar-refractivity contribution in [3.63, 3.8) is 0 Å². The number of nitrogens with one attached hydrogen (secondary N) is 1. The monoisotopic (exact) mass is 182 g/mol. The van der Waals surface area contributed by atoms with Crippen molar-refractivity contribution < 1.29 is 4.74 Å². The van der Waals surface area contributed by atoms with E-state index in [1.807, 2.05) is 0 Å². The van der Waals surface area contributed by atoms with E-state index >= 15 is 0 Å². The second kappa shape index (κ2) is 3.23. The molecule has 3 atom stereocenters. The zero-order valence-corrected chi connectivity index (χ0v) is 8.04. The molecule has 3 rings (SSSR count). The topological polar surface area (TPSA) is 24.5 Å². The molecule has 0 unspecified atom stereocenters. The average Bonchev–Trinajstić information content (AvgIpc) is 2.19. The maximum absolute atomic E-state index is 5.84. The van der Waals surface area contributed by atoms with E-state index in [0.717, 1.165) is 13.2 Å². The van der Waals surface area contributed by atoms with Crippen molar-refractivity contribution in [1.82, 2.24) is 10.2 Å². The van der Waals surface area contributed by atoms with Crippen LogP contribution in [0.15, 0.2) is 0 Å². The molecule has 3 nitrogen and oxygen atoms in total. The molecule has 0 radical (unpaired) electrons. The van der Waals surface area contributed by atoms with E-state index in [0.29, 0.717) is 18.2 Å². The summed E-state index contributed by atoms with van der Waals surface area (Å²) in [6, 6.07) is 1.41. The lowest BCUT2D eigenvalue weighted by molar-refractivity contribution is -0.109. The van der Waals surface area contributed by atoms with Gasteiger partial charge in [0, 0.05) is 25.7 Å². The van der Waals surface area contributed by atoms with Crippen LogP contribution < -0.4 is 5.32 Å². The van der Waals surface area contributed by atoms with Crippen molar-refractivity contribution in [3.05, 3.63) is 0 Å². The number of hydrogen-bond acceptors (Lipinski definition) is 3. The zero-order valence-electron chi connectivity index (χ0n) is 8.04. The molecule has 74 valence electrons. The van der Waals surface area contributed by atoms with Gasteiger partial charge in [0.2, 0.25) is 0 Å². The molecule has 0 aromatic carbocycles. The third-order valence-electron chi connectivity index (χ3n) is 3.73. The number of piperazine rings is 1. The summed E-state index contributed by atoms with van der Waals surface area (Å²) in [4.78, 5) is 2.63. The normalized spacial score (nSPS) is 45.7. The van der Waals surface area contributed by atoms with Crippen molar-refractivity contribution >= 4 is 0 Å². The van der Waals surface area contributed by atoms with E-state index in [4.69, 9.17) is 4.74 Å². The van der Waals surface area contributed by atoms with Crippen LogP contribution in [-0.4, -0.2) is 49.3 Å². The number of rotatable bonds is 0. The maximum atomic E-state index is 5.84. The van der Waals surface area contributed by atoms with Crippen LogP contribution in [0.1, 0.15) is 19.3 Å². The highest BCUT2D eigenvalue weighted by Gasteiger charge is 2.41. The van der Waals surface area contributed by atoms with Gasteiger partial charge in [0.1, 0.15) is 0 Å². The molecule has 13 heavy (non-hydrogen) atoms. The van der Waals surface area contributed by atoms with Crippen molar-refractivity contribution in [2.24, 2.45) is 0 Å². The van der Waals surface area contributed by atoms with Gasteiger partial charge in [-0.2, -0.15) is 0 Å². The van der Waals surface area contributed by atoms with Gasteiger partial charge in [-0.25, -0.2) is 0 Å². The van der Waals surface area contributed by atoms with Crippen LogP contribution in [0.4, 0.5) is 0 Å². The molecular formula is C10H18N2O. The van der Waals surface area contributed by atoms with E-state index in [1.165, 1.54) is 32.4 Å². The van der Waals surface area contributed by atoms with Gasteiger partial charge in [0.05, 0.1) is 18.8 Å². The summed E-state index contributed by atoms with van der Waals surface area (Å²) in [5.41, 5.74) is 0. The molecule has 0 aromatic heterocycles. The quantitative estimate of drug-likeness (QED) is 0.579. The van der Waals surface area contributed by atoms with E-state index < -0.39 is 0 Å². The molecule has 3 aliphatic rings. The van der Waals surface area contributed by atoms with E-state index in [9.17, 15) is 0 Å². The SMILES string of the molecule is C1C[C@@H]2NCCN3CCO[C@H](C1)[C@@H]23. The van der Waals surface area contributed by atoms with Gasteiger partial charge < -0.3 is 10.1 Å². The lowest BCUT2D eigenvalue weighted by Crippen LogP contribution is -2.67. The molecule has 2 saturated heterocycles. The summed E-state index contributed by atoms with van der Waals surface area (Å²) < 4.78 is 5.84. The van der Waals surface area contributed by atoms with Gasteiger partial charge in [-0.3, -0.25) is 4.90 Å². The Morgan fingerprint density at radius 2 is 2.23 bits per heavy atom. The molecule has 2 aliphatic heterocycles. The predicted octanol–water partition coefficient (Wildman–Crippen LogP) is 0.211. The van der Waals surface area contributed by atoms with Crippen LogP contribution in [0, 0.1) is 0 Å². The summed E-state index contributed by atoms with van der Waals surface area (Å²) in [6.45, 7) is 4.50. The minimum atomic E-state index is 0.528. The van der Waals surface area contributed by atoms with Gasteiger partial charge in [0.25, 0.3) is 0 Å². The summed E-state index contributed by atoms with van der Waals surface area (Å²) >= 11 is 0. The van der Waals surface area contributed by atoms with Crippen LogP contribution in [0.2, 0.25) is 0 Å². The Balaban J connectivity index is 1.82. The summed E-state index contributed by atoms with van der Waals surface area (Å²) in [5.74, 6) is 0. The Bertz CT molecular complexity index is 152. The minimum Gasteiger partial charge on any atom is -0.375 e. The van der Waals surface area contributed by atoms with Crippen molar-refractivity contribution in [1.29, 1.82) is 0 Å². The first-order valence-corrected chi connectivity index (χ1v) is 5.54. The van der Waals surface area contributed by atoms with E-state index in [-0.39, 0.29) is 0 Å². The summed E-state index contributed by atoms with van der Waals surface area (Å²) in [7, 11) is 0. The Morgan fingerprint density at radius 1 is 1.23 bits per heavy atom. The molecular weight excluding hydrogens is 164 g/mol. The minimum absolute atomic E-state index is 0.528. The Hall–Kier alpha value is -0.120. The zero-order chi connectivity index (χ0) is 8.67. The van der Waals surface area contributed by atoms with Crippen LogP contribution in [0.5, 0.6) is 0 Å². The molecule has 1 N–H and O–H groups in total. The van der Waals surface area contributed by atoms with Crippen molar-refractivity contribution in [3.8, 4) is 0 Å². The third kappa shape index (κ3) is 1.30. The van der Waals surface area contributed by atoms with Crippen LogP contribution in [0.3, 0.4) is 0 Å². The van der Waals surface area contributed by atoms with E-state index in [1.54, 1.807) is 0 Å². The van der Waals surface area contributed by atoms with Crippen LogP contribution in [-0.2, 0) is 4.74 Å². The lowest BCUT2D eigenvalue weighted by atomic mass is 9.84. The second-order valence-electron chi connectivity index (χ2n) is 4.43. The smallest absolute Gasteiger partial charge is 0.0746 e. The Kier molecular flexibility index (Phi) is 2.04. The average molecular weight is 182 g/mol. The third-order valence-corrected chi connectivity index (χ3v) is 3.73. The highest BCUT2D eigenvalue weighted by Crippen LogP contribution is 2.30. The van der Waals surface area contributed by atoms with Crippen molar-refractivity contribution in [2.75, 3.05) is 26.2 Å². The standard InChI is InChI=1S/C10H18N2O/c1-2-8-10-9(3-1)13-7-6-12(10)5-4-11-8/h8-11H,1-7H2/t8-,9+,10+/m0/s1. The largest absolute Gasteiger partial charge is 0.375 e. The maximum Gasteiger partial charge on any atom is 0.0746 e. The Labute approximate surface area is 79.4 Å². The molecule has 0 aromatic rings. The predicted molar refractivity (Wildman–Crippen MR) is 50.7 cm³/mol. The Morgan fingerprint density at radius 3 is 3.23 bits per heavy atom. The van der Waals surface area contributed by atoms with Crippen LogP contribution >= 0.6 is 0 Å². The fraction of sp³-hybridized carbons (Fsp3) is 1.00. The molecule has 0 amide bonds. The number of hydrogen-bond donors (Lipinski definition) is 1. The molecule has 1 saturated carbocycles. The molecule has 1 aliphatic carbocycles. The van der Waals surface area contributed by atoms with Gasteiger partial charge in [-0.1, -0.05) is 0 Å². The van der Waals surface area contributed by atoms with Crippen molar-refractivity contribution in [2.45, 2.75) is 37.5 Å². The first-order chi connectivity index (χ1) is 6.45. The molecule has 0 spiro atoms. The molecule has 2 heterocycles. The highest BCUT2D eigenvalue weighted by atomic mass is 16.5. The number of morpholine rings is 1. The van der Waals surface area contributed by atoms with E-state index in [2.05, 4.69) is 10.2 Å². The van der Waals surface area contributed by atoms with Crippen LogP contribution in [0.25, 0.3) is 0 Å². The second-order valence-corrected chi connectivity index (χ2v) is 4.43. The fourth-order valence-corrected chi connectivity index (χ4v) is 3.16. The fourth-order valence-electron chi connectivity index (χ4n) is 3.16. The van der Waals surface area contributed by atoms with Gasteiger partial charge >= 0.3 is 0 Å². The van der Waals surface area contributed by atoms with Gasteiger partial charge in [-0.05, 0) is 19.3 Å². The lowest BCUT2D eigenvalue weighted by Gasteiger charge is -2.51. The highest BCUT2D eigenvalue weighted by molar-refractivity contribution is 4.99. The number of nitrogens with zero attached hydrogens (tertiary/aromatic N) is 1. The first kappa shape index (κ1) is 8.21. The first-order valence-electron chi connectivity index (χ1n) is 5.54. The summed E-state index contributed by atoms with van der Waals surface area (Å²) in [5, 5.41) is 3.63. The molecule has 0 bridgehead atoms. The molecule has 3 heteroatoms.